The predicted molar refractivity (Wildman–Crippen MR) is 82.5 cm³/mol. The van der Waals surface area contributed by atoms with Gasteiger partial charge in [0.2, 0.25) is 0 Å². The van der Waals surface area contributed by atoms with Crippen molar-refractivity contribution in [3.8, 4) is 17.0 Å². The molecule has 2 aromatic rings. The Hall–Kier alpha value is -1.63. The van der Waals surface area contributed by atoms with E-state index in [0.29, 0.717) is 0 Å². The summed E-state index contributed by atoms with van der Waals surface area (Å²) in [7, 11) is 2.29. The number of rotatable bonds is 3. The lowest BCUT2D eigenvalue weighted by atomic mass is 10.1. The van der Waals surface area contributed by atoms with Crippen LogP contribution in [-0.2, 0) is 4.74 Å². The molecule has 4 nitrogen and oxygen atoms in total. The number of esters is 1. The normalized spacial score (nSPS) is 10.6. The second kappa shape index (κ2) is 6.86. The first kappa shape index (κ1) is 17.7. The first-order valence-electron chi connectivity index (χ1n) is 5.98. The van der Waals surface area contributed by atoms with E-state index in [1.807, 2.05) is 0 Å². The molecule has 23 heavy (non-hydrogen) atoms. The van der Waals surface area contributed by atoms with E-state index in [2.05, 4.69) is 9.72 Å². The first-order chi connectivity index (χ1) is 10.8. The van der Waals surface area contributed by atoms with Gasteiger partial charge in [-0.2, -0.15) is 0 Å². The second-order valence-electron chi connectivity index (χ2n) is 4.18. The lowest BCUT2D eigenvalue weighted by molar-refractivity contribution is 0.0594. The molecule has 1 heterocycles. The van der Waals surface area contributed by atoms with Crippen LogP contribution in [0, 0.1) is 11.6 Å². The van der Waals surface area contributed by atoms with Gasteiger partial charge in [0.15, 0.2) is 23.1 Å². The summed E-state index contributed by atoms with van der Waals surface area (Å²) in [5.41, 5.74) is -1.26. The Morgan fingerprint density at radius 3 is 2.30 bits per heavy atom. The lowest BCUT2D eigenvalue weighted by Crippen LogP contribution is -2.09. The van der Waals surface area contributed by atoms with E-state index in [4.69, 9.17) is 39.5 Å². The van der Waals surface area contributed by atoms with Crippen LogP contribution >= 0.6 is 34.8 Å². The third-order valence-electron chi connectivity index (χ3n) is 2.91. The van der Waals surface area contributed by atoms with Crippen LogP contribution in [0.15, 0.2) is 12.1 Å². The molecule has 0 saturated heterocycles. The van der Waals surface area contributed by atoms with Gasteiger partial charge in [-0.25, -0.2) is 18.6 Å². The largest absolute Gasteiger partial charge is 0.492 e. The number of hydrogen-bond acceptors (Lipinski definition) is 4. The monoisotopic (exact) mass is 381 g/mol. The first-order valence-corrected chi connectivity index (χ1v) is 7.12. The molecule has 0 N–H and O–H groups in total. The van der Waals surface area contributed by atoms with E-state index in [1.54, 1.807) is 0 Å². The highest BCUT2D eigenvalue weighted by Gasteiger charge is 2.26. The SMILES string of the molecule is COC(=O)c1nc(-c2ccc(Cl)c(OC)c2F)c(F)c(Cl)c1Cl. The molecule has 0 saturated carbocycles. The molecule has 9 heteroatoms. The fourth-order valence-electron chi connectivity index (χ4n) is 1.83. The van der Waals surface area contributed by atoms with Crippen molar-refractivity contribution in [2.45, 2.75) is 0 Å². The number of pyridine rings is 1. The van der Waals surface area contributed by atoms with Gasteiger partial charge in [-0.3, -0.25) is 0 Å². The van der Waals surface area contributed by atoms with Crippen molar-refractivity contribution in [3.05, 3.63) is 44.5 Å². The van der Waals surface area contributed by atoms with Crippen LogP contribution in [0.1, 0.15) is 10.5 Å². The summed E-state index contributed by atoms with van der Waals surface area (Å²) in [6, 6.07) is 2.47. The molecule has 0 atom stereocenters. The maximum absolute atomic E-state index is 14.4. The summed E-state index contributed by atoms with van der Waals surface area (Å²) in [4.78, 5) is 15.4. The molecule has 0 aliphatic heterocycles. The molecule has 0 unspecified atom stereocenters. The van der Waals surface area contributed by atoms with Gasteiger partial charge >= 0.3 is 5.97 Å². The van der Waals surface area contributed by atoms with Crippen LogP contribution in [0.4, 0.5) is 8.78 Å². The Bertz CT molecular complexity index is 800. The molecule has 2 rings (SSSR count). The highest BCUT2D eigenvalue weighted by molar-refractivity contribution is 6.43. The zero-order chi connectivity index (χ0) is 17.3. The number of aromatic nitrogens is 1. The molecule has 0 aliphatic carbocycles. The Morgan fingerprint density at radius 1 is 1.09 bits per heavy atom. The van der Waals surface area contributed by atoms with Crippen LogP contribution in [0.5, 0.6) is 5.75 Å². The van der Waals surface area contributed by atoms with Crippen LogP contribution in [0.25, 0.3) is 11.3 Å². The van der Waals surface area contributed by atoms with Crippen molar-refractivity contribution < 1.29 is 23.0 Å². The third kappa shape index (κ3) is 3.06. The van der Waals surface area contributed by atoms with Gasteiger partial charge < -0.3 is 9.47 Å². The van der Waals surface area contributed by atoms with Crippen molar-refractivity contribution in [2.24, 2.45) is 0 Å². The maximum Gasteiger partial charge on any atom is 0.358 e. The number of halogens is 5. The van der Waals surface area contributed by atoms with Gasteiger partial charge in [0.1, 0.15) is 5.69 Å². The van der Waals surface area contributed by atoms with Crippen molar-refractivity contribution in [1.29, 1.82) is 0 Å². The van der Waals surface area contributed by atoms with Gasteiger partial charge in [-0.15, -0.1) is 0 Å². The molecule has 1 aromatic heterocycles. The Morgan fingerprint density at radius 2 is 1.74 bits per heavy atom. The van der Waals surface area contributed by atoms with E-state index in [-0.39, 0.29) is 16.3 Å². The Balaban J connectivity index is 2.79. The Labute approximate surface area is 144 Å². The van der Waals surface area contributed by atoms with Crippen LogP contribution in [0.3, 0.4) is 0 Å². The number of benzene rings is 1. The average molecular weight is 383 g/mol. The van der Waals surface area contributed by atoms with Crippen molar-refractivity contribution in [2.75, 3.05) is 14.2 Å². The molecule has 0 radical (unpaired) electrons. The zero-order valence-corrected chi connectivity index (χ0v) is 14.0. The summed E-state index contributed by atoms with van der Waals surface area (Å²) in [5, 5.41) is -1.02. The number of hydrogen-bond donors (Lipinski definition) is 0. The van der Waals surface area contributed by atoms with Crippen molar-refractivity contribution in [1.82, 2.24) is 4.98 Å². The quantitative estimate of drug-likeness (QED) is 0.717. The highest BCUT2D eigenvalue weighted by Crippen LogP contribution is 2.38. The molecule has 0 amide bonds. The minimum Gasteiger partial charge on any atom is -0.492 e. The molecule has 0 aliphatic rings. The van der Waals surface area contributed by atoms with E-state index >= 15 is 0 Å². The van der Waals surface area contributed by atoms with Crippen molar-refractivity contribution in [3.63, 3.8) is 0 Å². The van der Waals surface area contributed by atoms with E-state index in [1.165, 1.54) is 19.2 Å². The van der Waals surface area contributed by atoms with E-state index < -0.39 is 39.0 Å². The predicted octanol–water partition coefficient (Wildman–Crippen LogP) is 4.78. The van der Waals surface area contributed by atoms with Gasteiger partial charge in [0, 0.05) is 5.56 Å². The number of carbonyl (C=O) groups is 1. The van der Waals surface area contributed by atoms with Crippen LogP contribution in [-0.4, -0.2) is 25.2 Å². The topological polar surface area (TPSA) is 48.4 Å². The fourth-order valence-corrected chi connectivity index (χ4v) is 2.43. The van der Waals surface area contributed by atoms with Gasteiger partial charge in [0.05, 0.1) is 29.3 Å². The average Bonchev–Trinajstić information content (AvgIpc) is 2.53. The summed E-state index contributed by atoms with van der Waals surface area (Å²) in [5.74, 6) is -3.29. The van der Waals surface area contributed by atoms with Crippen LogP contribution < -0.4 is 4.74 Å². The fraction of sp³-hybridized carbons (Fsp3) is 0.143. The summed E-state index contributed by atoms with van der Waals surface area (Å²) < 4.78 is 38.1. The Kier molecular flexibility index (Phi) is 5.29. The number of methoxy groups -OCH3 is 2. The zero-order valence-electron chi connectivity index (χ0n) is 11.7. The van der Waals surface area contributed by atoms with Gasteiger partial charge in [-0.05, 0) is 12.1 Å². The summed E-state index contributed by atoms with van der Waals surface area (Å²) in [6.07, 6.45) is 0. The van der Waals surface area contributed by atoms with E-state index in [0.717, 1.165) is 7.11 Å². The molecule has 0 bridgehead atoms. The second-order valence-corrected chi connectivity index (χ2v) is 5.35. The summed E-state index contributed by atoms with van der Waals surface area (Å²) in [6.45, 7) is 0. The van der Waals surface area contributed by atoms with Crippen molar-refractivity contribution >= 4 is 40.8 Å². The highest BCUT2D eigenvalue weighted by atomic mass is 35.5. The van der Waals surface area contributed by atoms with Gasteiger partial charge in [-0.1, -0.05) is 34.8 Å². The molecule has 1 aromatic carbocycles. The number of ether oxygens (including phenoxy) is 2. The molecular formula is C14H8Cl3F2NO3. The lowest BCUT2D eigenvalue weighted by Gasteiger charge is -2.12. The smallest absolute Gasteiger partial charge is 0.358 e. The maximum atomic E-state index is 14.4. The molecule has 0 spiro atoms. The van der Waals surface area contributed by atoms with E-state index in [9.17, 15) is 13.6 Å². The van der Waals surface area contributed by atoms with Gasteiger partial charge in [0.25, 0.3) is 0 Å². The summed E-state index contributed by atoms with van der Waals surface area (Å²) >= 11 is 17.3. The number of nitrogens with zero attached hydrogens (tertiary/aromatic N) is 1. The number of carbonyl (C=O) groups excluding carboxylic acids is 1. The molecular weight excluding hydrogens is 375 g/mol. The minimum atomic E-state index is -1.09. The standard InChI is InChI=1S/C14H8Cl3F2NO3/c1-22-13-6(15)4-3-5(9(13)18)11-10(19)7(16)8(17)12(20-11)14(21)23-2/h3-4H,1-2H3. The third-order valence-corrected chi connectivity index (χ3v) is 4.03. The molecule has 122 valence electrons. The van der Waals surface area contributed by atoms with Crippen LogP contribution in [0.2, 0.25) is 15.1 Å². The molecule has 0 fully saturated rings. The minimum absolute atomic E-state index is 0.0117.